The molecule has 1 unspecified atom stereocenters. The molecule has 2 aromatic rings. The molecule has 0 spiro atoms. The van der Waals surface area contributed by atoms with Crippen LogP contribution in [0.15, 0.2) is 46.9 Å². The molecule has 2 amide bonds. The molecule has 0 aliphatic rings. The number of carbonyl (C=O) groups excluding carboxylic acids is 2. The quantitative estimate of drug-likeness (QED) is 0.523. The van der Waals surface area contributed by atoms with Crippen molar-refractivity contribution in [1.29, 1.82) is 0 Å². The fraction of sp³-hybridized carbons (Fsp3) is 0.417. The zero-order valence-corrected chi connectivity index (χ0v) is 21.0. The van der Waals surface area contributed by atoms with Crippen molar-refractivity contribution < 1.29 is 14.3 Å². The number of nitrogens with one attached hydrogen (secondary N) is 1. The number of likely N-dealkylation sites (N-methyl/N-ethyl adjacent to an activating group) is 1. The van der Waals surface area contributed by atoms with Gasteiger partial charge in [0.1, 0.15) is 11.8 Å². The maximum Gasteiger partial charge on any atom is 0.261 e. The second-order valence-corrected chi connectivity index (χ2v) is 9.70. The van der Waals surface area contributed by atoms with Crippen LogP contribution in [-0.2, 0) is 21.5 Å². The molecule has 0 aliphatic carbocycles. The normalized spacial score (nSPS) is 12.2. The van der Waals surface area contributed by atoms with Gasteiger partial charge in [0, 0.05) is 18.1 Å². The Hall–Kier alpha value is -2.05. The Labute approximate surface area is 198 Å². The van der Waals surface area contributed by atoms with Gasteiger partial charge >= 0.3 is 0 Å². The maximum atomic E-state index is 13.1. The molecule has 1 N–H and O–H groups in total. The Morgan fingerprint density at radius 2 is 1.90 bits per heavy atom. The van der Waals surface area contributed by atoms with Gasteiger partial charge in [-0.1, -0.05) is 50.6 Å². The number of hydrogen-bond acceptors (Lipinski definition) is 3. The average Bonchev–Trinajstić information content (AvgIpc) is 2.70. The van der Waals surface area contributed by atoms with Crippen LogP contribution >= 0.6 is 27.5 Å². The second kappa shape index (κ2) is 11.0. The Balaban J connectivity index is 2.17. The number of carbonyl (C=O) groups is 2. The summed E-state index contributed by atoms with van der Waals surface area (Å²) in [7, 11) is 0. The summed E-state index contributed by atoms with van der Waals surface area (Å²) in [6.45, 7) is 10.5. The molecule has 0 saturated carbocycles. The van der Waals surface area contributed by atoms with Crippen LogP contribution in [0.4, 0.5) is 0 Å². The van der Waals surface area contributed by atoms with Crippen LogP contribution in [-0.4, -0.2) is 35.9 Å². The first-order valence-electron chi connectivity index (χ1n) is 10.3. The van der Waals surface area contributed by atoms with Crippen molar-refractivity contribution in [2.24, 2.45) is 0 Å². The second-order valence-electron chi connectivity index (χ2n) is 8.41. The fourth-order valence-corrected chi connectivity index (χ4v) is 3.75. The molecule has 31 heavy (non-hydrogen) atoms. The van der Waals surface area contributed by atoms with Gasteiger partial charge in [-0.05, 0) is 70.6 Å². The molecule has 0 bridgehead atoms. The highest BCUT2D eigenvalue weighted by Gasteiger charge is 2.26. The lowest BCUT2D eigenvalue weighted by Crippen LogP contribution is -2.49. The number of amides is 2. The summed E-state index contributed by atoms with van der Waals surface area (Å²) in [5.41, 5.74) is 2.00. The van der Waals surface area contributed by atoms with E-state index in [1.807, 2.05) is 37.3 Å². The molecule has 7 heteroatoms. The van der Waals surface area contributed by atoms with E-state index in [-0.39, 0.29) is 30.4 Å². The zero-order valence-electron chi connectivity index (χ0n) is 18.7. The lowest BCUT2D eigenvalue weighted by atomic mass is 9.87. The number of ether oxygens (including phenoxy) is 1. The Morgan fingerprint density at radius 1 is 1.19 bits per heavy atom. The molecule has 2 aromatic carbocycles. The van der Waals surface area contributed by atoms with E-state index in [4.69, 9.17) is 16.3 Å². The highest BCUT2D eigenvalue weighted by Crippen LogP contribution is 2.31. The van der Waals surface area contributed by atoms with Crippen LogP contribution in [0.2, 0.25) is 5.02 Å². The molecule has 0 fully saturated rings. The van der Waals surface area contributed by atoms with Crippen molar-refractivity contribution in [3.8, 4) is 5.75 Å². The summed E-state index contributed by atoms with van der Waals surface area (Å²) in [6, 6.07) is 12.4. The summed E-state index contributed by atoms with van der Waals surface area (Å²) >= 11 is 9.62. The summed E-state index contributed by atoms with van der Waals surface area (Å²) in [5.74, 6) is 0.0776. The number of halogens is 2. The lowest BCUT2D eigenvalue weighted by molar-refractivity contribution is -0.142. The van der Waals surface area contributed by atoms with Crippen LogP contribution < -0.4 is 10.1 Å². The standard InChI is InChI=1S/C24H30BrClN2O3/c1-6-27-23(30)16(2)28(14-17-8-7-9-19(26)12-17)22(29)15-31-21-11-10-18(13-20(21)25)24(3,4)5/h7-13,16H,6,14-15H2,1-5H3,(H,27,30). The van der Waals surface area contributed by atoms with Crippen molar-refractivity contribution >= 4 is 39.3 Å². The topological polar surface area (TPSA) is 58.6 Å². The van der Waals surface area contributed by atoms with Crippen molar-refractivity contribution in [3.05, 3.63) is 63.1 Å². The van der Waals surface area contributed by atoms with E-state index < -0.39 is 6.04 Å². The predicted octanol–water partition coefficient (Wildman–Crippen LogP) is 5.33. The van der Waals surface area contributed by atoms with E-state index in [9.17, 15) is 9.59 Å². The van der Waals surface area contributed by atoms with E-state index >= 15 is 0 Å². The first-order chi connectivity index (χ1) is 14.5. The van der Waals surface area contributed by atoms with Crippen LogP contribution in [0.3, 0.4) is 0 Å². The highest BCUT2D eigenvalue weighted by molar-refractivity contribution is 9.10. The predicted molar refractivity (Wildman–Crippen MR) is 128 cm³/mol. The minimum atomic E-state index is -0.651. The van der Waals surface area contributed by atoms with Crippen LogP contribution in [0.5, 0.6) is 5.75 Å². The molecule has 5 nitrogen and oxygen atoms in total. The smallest absolute Gasteiger partial charge is 0.261 e. The van der Waals surface area contributed by atoms with Gasteiger partial charge in [-0.3, -0.25) is 9.59 Å². The molecule has 168 valence electrons. The molecule has 0 saturated heterocycles. The lowest BCUT2D eigenvalue weighted by Gasteiger charge is -2.29. The molecule has 2 rings (SSSR count). The van der Waals surface area contributed by atoms with Gasteiger partial charge in [0.2, 0.25) is 5.91 Å². The van der Waals surface area contributed by atoms with Gasteiger partial charge < -0.3 is 15.0 Å². The largest absolute Gasteiger partial charge is 0.483 e. The van der Waals surface area contributed by atoms with Crippen molar-refractivity contribution in [2.45, 2.75) is 52.6 Å². The molecule has 1 atom stereocenters. The highest BCUT2D eigenvalue weighted by atomic mass is 79.9. The minimum absolute atomic E-state index is 0.00664. The SMILES string of the molecule is CCNC(=O)C(C)N(Cc1cccc(Cl)c1)C(=O)COc1ccc(C(C)(C)C)cc1Br. The van der Waals surface area contributed by atoms with Gasteiger partial charge in [-0.2, -0.15) is 0 Å². The molecular weight excluding hydrogens is 480 g/mol. The first-order valence-corrected chi connectivity index (χ1v) is 11.4. The monoisotopic (exact) mass is 508 g/mol. The summed E-state index contributed by atoms with van der Waals surface area (Å²) in [6.07, 6.45) is 0. The van der Waals surface area contributed by atoms with E-state index in [1.165, 1.54) is 4.90 Å². The average molecular weight is 510 g/mol. The Bertz CT molecular complexity index is 927. The van der Waals surface area contributed by atoms with Crippen molar-refractivity contribution in [1.82, 2.24) is 10.2 Å². The number of nitrogens with zero attached hydrogens (tertiary/aromatic N) is 1. The summed E-state index contributed by atoms with van der Waals surface area (Å²) in [5, 5.41) is 3.35. The van der Waals surface area contributed by atoms with Crippen molar-refractivity contribution in [3.63, 3.8) is 0 Å². The zero-order chi connectivity index (χ0) is 23.2. The number of hydrogen-bond donors (Lipinski definition) is 1. The van der Waals surface area contributed by atoms with E-state index in [2.05, 4.69) is 42.0 Å². The van der Waals surface area contributed by atoms with Crippen LogP contribution in [0.1, 0.15) is 45.7 Å². The Kier molecular flexibility index (Phi) is 8.95. The first kappa shape index (κ1) is 25.2. The van der Waals surface area contributed by atoms with Gasteiger partial charge in [-0.25, -0.2) is 0 Å². The van der Waals surface area contributed by atoms with E-state index in [0.29, 0.717) is 17.3 Å². The molecule has 0 radical (unpaired) electrons. The van der Waals surface area contributed by atoms with Gasteiger partial charge in [0.05, 0.1) is 4.47 Å². The molecule has 0 aliphatic heterocycles. The van der Waals surface area contributed by atoms with Crippen molar-refractivity contribution in [2.75, 3.05) is 13.2 Å². The number of rotatable bonds is 8. The Morgan fingerprint density at radius 3 is 2.48 bits per heavy atom. The number of benzene rings is 2. The molecular formula is C24H30BrClN2O3. The third kappa shape index (κ3) is 7.25. The molecule has 0 heterocycles. The van der Waals surface area contributed by atoms with Gasteiger partial charge in [0.25, 0.3) is 5.91 Å². The third-order valence-corrected chi connectivity index (χ3v) is 5.76. The van der Waals surface area contributed by atoms with Crippen LogP contribution in [0.25, 0.3) is 0 Å². The van der Waals surface area contributed by atoms with Gasteiger partial charge in [-0.15, -0.1) is 0 Å². The fourth-order valence-electron chi connectivity index (χ4n) is 3.04. The summed E-state index contributed by atoms with van der Waals surface area (Å²) < 4.78 is 6.59. The van der Waals surface area contributed by atoms with Crippen LogP contribution in [0, 0.1) is 0 Å². The third-order valence-electron chi connectivity index (χ3n) is 4.91. The van der Waals surface area contributed by atoms with Gasteiger partial charge in [0.15, 0.2) is 6.61 Å². The maximum absolute atomic E-state index is 13.1. The van der Waals surface area contributed by atoms with E-state index in [1.54, 1.807) is 19.1 Å². The van der Waals surface area contributed by atoms with E-state index in [0.717, 1.165) is 15.6 Å². The molecule has 0 aromatic heterocycles. The summed E-state index contributed by atoms with van der Waals surface area (Å²) in [4.78, 5) is 27.0. The minimum Gasteiger partial charge on any atom is -0.483 e.